The molecular formula is C13H21NO. The van der Waals surface area contributed by atoms with E-state index in [0.29, 0.717) is 12.1 Å². The zero-order chi connectivity index (χ0) is 10.5. The molecule has 2 rings (SSSR count). The van der Waals surface area contributed by atoms with Gasteiger partial charge in [-0.25, -0.2) is 4.79 Å². The lowest BCUT2D eigenvalue weighted by Crippen LogP contribution is -2.41. The zero-order valence-corrected chi connectivity index (χ0v) is 9.43. The van der Waals surface area contributed by atoms with Gasteiger partial charge in [0, 0.05) is 17.7 Å². The maximum absolute atomic E-state index is 10.8. The van der Waals surface area contributed by atoms with Gasteiger partial charge in [0.2, 0.25) is 0 Å². The summed E-state index contributed by atoms with van der Waals surface area (Å²) >= 11 is 0. The molecule has 2 heteroatoms. The lowest BCUT2D eigenvalue weighted by molar-refractivity contribution is 0.327. The van der Waals surface area contributed by atoms with Crippen LogP contribution in [0.3, 0.4) is 0 Å². The molecule has 1 unspecified atom stereocenters. The van der Waals surface area contributed by atoms with Crippen molar-refractivity contribution in [2.75, 3.05) is 0 Å². The van der Waals surface area contributed by atoms with Crippen LogP contribution >= 0.6 is 0 Å². The zero-order valence-electron chi connectivity index (χ0n) is 9.43. The molecule has 0 aromatic rings. The van der Waals surface area contributed by atoms with Crippen LogP contribution < -0.4 is 5.32 Å². The van der Waals surface area contributed by atoms with Gasteiger partial charge in [-0.3, -0.25) is 0 Å². The third-order valence-corrected chi connectivity index (χ3v) is 3.78. The third kappa shape index (κ3) is 2.93. The monoisotopic (exact) mass is 207 g/mol. The highest BCUT2D eigenvalue weighted by molar-refractivity contribution is 5.54. The molecule has 0 bridgehead atoms. The van der Waals surface area contributed by atoms with Gasteiger partial charge in [0.25, 0.3) is 0 Å². The van der Waals surface area contributed by atoms with E-state index in [0.717, 1.165) is 18.4 Å². The molecule has 2 aliphatic rings. The molecule has 0 spiro atoms. The molecule has 0 heterocycles. The highest BCUT2D eigenvalue weighted by atomic mass is 16.1. The van der Waals surface area contributed by atoms with Crippen LogP contribution in [-0.2, 0) is 4.79 Å². The van der Waals surface area contributed by atoms with Gasteiger partial charge < -0.3 is 5.32 Å². The first-order valence-corrected chi connectivity index (χ1v) is 6.40. The van der Waals surface area contributed by atoms with Crippen molar-refractivity contribution in [1.29, 1.82) is 0 Å². The summed E-state index contributed by atoms with van der Waals surface area (Å²) in [6, 6.07) is 1.00. The lowest BCUT2D eigenvalue weighted by atomic mass is 9.88. The van der Waals surface area contributed by atoms with E-state index in [1.54, 1.807) is 0 Å². The van der Waals surface area contributed by atoms with E-state index >= 15 is 0 Å². The second-order valence-corrected chi connectivity index (χ2v) is 4.93. The van der Waals surface area contributed by atoms with Crippen molar-refractivity contribution in [2.45, 2.75) is 69.9 Å². The Bertz CT molecular complexity index is 249. The second-order valence-electron chi connectivity index (χ2n) is 4.93. The van der Waals surface area contributed by atoms with Gasteiger partial charge in [-0.15, -0.1) is 0 Å². The van der Waals surface area contributed by atoms with Crippen molar-refractivity contribution in [1.82, 2.24) is 5.32 Å². The Kier molecular flexibility index (Phi) is 3.99. The number of hydrogen-bond donors (Lipinski definition) is 1. The van der Waals surface area contributed by atoms with E-state index in [9.17, 15) is 4.79 Å². The topological polar surface area (TPSA) is 29.1 Å². The van der Waals surface area contributed by atoms with Crippen LogP contribution in [0.2, 0.25) is 0 Å². The van der Waals surface area contributed by atoms with Gasteiger partial charge in [-0.05, 0) is 32.1 Å². The van der Waals surface area contributed by atoms with Crippen LogP contribution in [0.25, 0.3) is 0 Å². The van der Waals surface area contributed by atoms with Crippen molar-refractivity contribution in [3.8, 4) is 0 Å². The summed E-state index contributed by atoms with van der Waals surface area (Å²) in [6.07, 6.45) is 11.2. The van der Waals surface area contributed by atoms with E-state index in [2.05, 4.69) is 11.3 Å². The van der Waals surface area contributed by atoms with Crippen molar-refractivity contribution < 1.29 is 4.79 Å². The summed E-state index contributed by atoms with van der Waals surface area (Å²) in [5, 5.41) is 3.66. The Morgan fingerprint density at radius 3 is 2.47 bits per heavy atom. The molecule has 2 aliphatic carbocycles. The number of carbonyl (C=O) groups excluding carboxylic acids is 1. The number of rotatable bonds is 2. The summed E-state index contributed by atoms with van der Waals surface area (Å²) < 4.78 is 0. The quantitative estimate of drug-likeness (QED) is 0.705. The molecule has 0 aliphatic heterocycles. The fourth-order valence-electron chi connectivity index (χ4n) is 2.87. The van der Waals surface area contributed by atoms with E-state index < -0.39 is 0 Å². The van der Waals surface area contributed by atoms with Crippen molar-refractivity contribution in [3.63, 3.8) is 0 Å². The van der Waals surface area contributed by atoms with Crippen LogP contribution in [-0.4, -0.2) is 18.0 Å². The molecule has 0 saturated heterocycles. The number of hydrogen-bond acceptors (Lipinski definition) is 2. The Morgan fingerprint density at radius 1 is 1.00 bits per heavy atom. The summed E-state index contributed by atoms with van der Waals surface area (Å²) in [5.41, 5.74) is 0.992. The predicted octanol–water partition coefficient (Wildman–Crippen LogP) is 2.61. The fraction of sp³-hybridized carbons (Fsp3) is 0.846. The van der Waals surface area contributed by atoms with Crippen LogP contribution in [0.1, 0.15) is 57.8 Å². The minimum absolute atomic E-state index is 0.347. The molecule has 2 fully saturated rings. The van der Waals surface area contributed by atoms with Gasteiger partial charge in [0.1, 0.15) is 5.94 Å². The molecule has 1 atom stereocenters. The predicted molar refractivity (Wildman–Crippen MR) is 61.5 cm³/mol. The Hall–Kier alpha value is -0.590. The van der Waals surface area contributed by atoms with Crippen LogP contribution in [0.4, 0.5) is 0 Å². The largest absolute Gasteiger partial charge is 0.307 e. The summed E-state index contributed by atoms with van der Waals surface area (Å²) in [7, 11) is 0. The Morgan fingerprint density at radius 2 is 1.73 bits per heavy atom. The van der Waals surface area contributed by atoms with E-state index in [4.69, 9.17) is 0 Å². The average Bonchev–Trinajstić information content (AvgIpc) is 2.31. The first-order chi connectivity index (χ1) is 7.40. The maximum Gasteiger partial charge on any atom is 0.125 e. The molecule has 2 saturated carbocycles. The lowest BCUT2D eigenvalue weighted by Gasteiger charge is -2.31. The fourth-order valence-corrected chi connectivity index (χ4v) is 2.87. The molecule has 15 heavy (non-hydrogen) atoms. The summed E-state index contributed by atoms with van der Waals surface area (Å²) in [5.74, 6) is 2.15. The van der Waals surface area contributed by atoms with Crippen molar-refractivity contribution in [3.05, 3.63) is 5.57 Å². The SMILES string of the molecule is O=C=C1CCCCC1NC1CCCCC1. The summed E-state index contributed by atoms with van der Waals surface area (Å²) in [6.45, 7) is 0. The molecule has 0 aromatic carbocycles. The maximum atomic E-state index is 10.8. The molecule has 1 N–H and O–H groups in total. The Balaban J connectivity index is 1.88. The standard InChI is InChI=1S/C13H21NO/c15-10-11-6-4-5-9-13(11)14-12-7-2-1-3-8-12/h12-14H,1-9H2. The Labute approximate surface area is 92.1 Å². The molecule has 0 radical (unpaired) electrons. The number of nitrogens with one attached hydrogen (secondary N) is 1. The highest BCUT2D eigenvalue weighted by Crippen LogP contribution is 2.24. The molecular weight excluding hydrogens is 186 g/mol. The van der Waals surface area contributed by atoms with Crippen LogP contribution in [0.15, 0.2) is 5.57 Å². The van der Waals surface area contributed by atoms with Crippen LogP contribution in [0, 0.1) is 0 Å². The van der Waals surface area contributed by atoms with Crippen molar-refractivity contribution >= 4 is 5.94 Å². The van der Waals surface area contributed by atoms with Gasteiger partial charge in [-0.2, -0.15) is 0 Å². The van der Waals surface area contributed by atoms with E-state index in [1.165, 1.54) is 44.9 Å². The molecule has 0 amide bonds. The minimum atomic E-state index is 0.347. The molecule has 2 nitrogen and oxygen atoms in total. The molecule has 84 valence electrons. The molecule has 0 aromatic heterocycles. The van der Waals surface area contributed by atoms with Crippen LogP contribution in [0.5, 0.6) is 0 Å². The van der Waals surface area contributed by atoms with Crippen molar-refractivity contribution in [2.24, 2.45) is 0 Å². The van der Waals surface area contributed by atoms with Gasteiger partial charge in [0.05, 0.1) is 0 Å². The second kappa shape index (κ2) is 5.48. The smallest absolute Gasteiger partial charge is 0.125 e. The third-order valence-electron chi connectivity index (χ3n) is 3.78. The van der Waals surface area contributed by atoms with E-state index in [-0.39, 0.29) is 0 Å². The minimum Gasteiger partial charge on any atom is -0.307 e. The van der Waals surface area contributed by atoms with Gasteiger partial charge in [-0.1, -0.05) is 25.7 Å². The van der Waals surface area contributed by atoms with Gasteiger partial charge >= 0.3 is 0 Å². The van der Waals surface area contributed by atoms with Gasteiger partial charge in [0.15, 0.2) is 0 Å². The first-order valence-electron chi connectivity index (χ1n) is 6.40. The normalized spacial score (nSPS) is 28.8. The average molecular weight is 207 g/mol. The van der Waals surface area contributed by atoms with E-state index in [1.807, 2.05) is 0 Å². The summed E-state index contributed by atoms with van der Waals surface area (Å²) in [4.78, 5) is 10.8. The highest BCUT2D eigenvalue weighted by Gasteiger charge is 2.23. The first kappa shape index (κ1) is 10.9.